The van der Waals surface area contributed by atoms with Gasteiger partial charge in [0.2, 0.25) is 5.95 Å². The van der Waals surface area contributed by atoms with Crippen LogP contribution in [0.25, 0.3) is 0 Å². The summed E-state index contributed by atoms with van der Waals surface area (Å²) in [5.74, 6) is -0.190. The van der Waals surface area contributed by atoms with Crippen LogP contribution in [0.5, 0.6) is 0 Å². The minimum Gasteiger partial charge on any atom is -0.414 e. The zero-order valence-electron chi connectivity index (χ0n) is 13.6. The number of halogens is 2. The summed E-state index contributed by atoms with van der Waals surface area (Å²) >= 11 is 1.99. The van der Waals surface area contributed by atoms with E-state index < -0.39 is 8.32 Å². The Hall–Kier alpha value is 0.0469. The summed E-state index contributed by atoms with van der Waals surface area (Å²) < 4.78 is 22.6. The van der Waals surface area contributed by atoms with E-state index in [1.165, 1.54) is 0 Å². The molecule has 21 heavy (non-hydrogen) atoms. The molecule has 0 saturated heterocycles. The molecule has 0 unspecified atom stereocenters. The summed E-state index contributed by atoms with van der Waals surface area (Å²) in [6.07, 6.45) is 5.86. The molecule has 3 nitrogen and oxygen atoms in total. The van der Waals surface area contributed by atoms with E-state index in [0.29, 0.717) is 9.67 Å². The summed E-state index contributed by atoms with van der Waals surface area (Å²) in [5.41, 5.74) is 0. The summed E-state index contributed by atoms with van der Waals surface area (Å²) in [6.45, 7) is 11.4. The summed E-state index contributed by atoms with van der Waals surface area (Å²) in [5, 5.41) is 4.42. The Morgan fingerprint density at radius 2 is 1.86 bits per heavy atom. The third-order valence-electron chi connectivity index (χ3n) is 4.95. The highest BCUT2D eigenvalue weighted by atomic mass is 127. The van der Waals surface area contributed by atoms with E-state index >= 15 is 0 Å². The largest absolute Gasteiger partial charge is 0.414 e. The highest BCUT2D eigenvalue weighted by molar-refractivity contribution is 14.1. The van der Waals surface area contributed by atoms with Crippen LogP contribution in [0.2, 0.25) is 18.1 Å². The Kier molecular flexibility index (Phi) is 5.20. The molecule has 1 heterocycles. The lowest BCUT2D eigenvalue weighted by molar-refractivity contribution is 0.112. The second-order valence-corrected chi connectivity index (χ2v) is 13.5. The fourth-order valence-corrected chi connectivity index (χ4v) is 4.38. The maximum Gasteiger partial charge on any atom is 0.225 e. The lowest BCUT2D eigenvalue weighted by atomic mass is 9.93. The van der Waals surface area contributed by atoms with Crippen molar-refractivity contribution in [3.05, 3.63) is 15.7 Å². The quantitative estimate of drug-likeness (QED) is 0.497. The molecule has 0 aromatic carbocycles. The standard InChI is InChI=1S/C15H26FIN2OSi/c1-15(2,3)21(4,5)20-12-8-6-11(7-9-12)19-14(16)13(17)10-18-19/h10-12H,6-9H2,1-5H3/t11-,12-. The number of hydrogen-bond donors (Lipinski definition) is 0. The van der Waals surface area contributed by atoms with Crippen molar-refractivity contribution in [3.8, 4) is 0 Å². The summed E-state index contributed by atoms with van der Waals surface area (Å²) in [7, 11) is -1.70. The topological polar surface area (TPSA) is 27.1 Å². The molecule has 1 fully saturated rings. The average Bonchev–Trinajstić information content (AvgIpc) is 2.69. The fourth-order valence-electron chi connectivity index (χ4n) is 2.58. The lowest BCUT2D eigenvalue weighted by Crippen LogP contribution is -2.44. The molecule has 2 rings (SSSR count). The molecule has 0 radical (unpaired) electrons. The van der Waals surface area contributed by atoms with Crippen molar-refractivity contribution in [2.75, 3.05) is 0 Å². The van der Waals surface area contributed by atoms with Crippen LogP contribution in [-0.2, 0) is 4.43 Å². The van der Waals surface area contributed by atoms with Gasteiger partial charge < -0.3 is 4.43 Å². The van der Waals surface area contributed by atoms with Crippen LogP contribution >= 0.6 is 22.6 Å². The smallest absolute Gasteiger partial charge is 0.225 e. The normalized spacial score (nSPS) is 24.3. The molecule has 6 heteroatoms. The van der Waals surface area contributed by atoms with E-state index in [0.717, 1.165) is 25.7 Å². The van der Waals surface area contributed by atoms with Gasteiger partial charge in [-0.15, -0.1) is 0 Å². The maximum absolute atomic E-state index is 13.9. The Bertz CT molecular complexity index is 490. The van der Waals surface area contributed by atoms with Crippen molar-refractivity contribution in [1.82, 2.24) is 9.78 Å². The zero-order chi connectivity index (χ0) is 15.8. The molecular weight excluding hydrogens is 398 g/mol. The minimum absolute atomic E-state index is 0.188. The minimum atomic E-state index is -1.70. The van der Waals surface area contributed by atoms with Crippen LogP contribution in [-0.4, -0.2) is 24.2 Å². The van der Waals surface area contributed by atoms with Crippen LogP contribution in [0, 0.1) is 9.52 Å². The van der Waals surface area contributed by atoms with Crippen molar-refractivity contribution in [2.45, 2.75) is 76.7 Å². The average molecular weight is 424 g/mol. The van der Waals surface area contributed by atoms with E-state index in [2.05, 4.69) is 39.0 Å². The number of hydrogen-bond acceptors (Lipinski definition) is 2. The first-order valence-corrected chi connectivity index (χ1v) is 11.7. The van der Waals surface area contributed by atoms with E-state index in [4.69, 9.17) is 4.43 Å². The molecule has 1 aliphatic carbocycles. The van der Waals surface area contributed by atoms with Gasteiger partial charge in [0.05, 0.1) is 15.8 Å². The van der Waals surface area contributed by atoms with E-state index in [1.807, 2.05) is 22.6 Å². The predicted molar refractivity (Wildman–Crippen MR) is 94.5 cm³/mol. The van der Waals surface area contributed by atoms with Crippen LogP contribution in [0.15, 0.2) is 6.20 Å². The summed E-state index contributed by atoms with van der Waals surface area (Å²) in [4.78, 5) is 0. The molecule has 1 aromatic rings. The van der Waals surface area contributed by atoms with Crippen molar-refractivity contribution >= 4 is 30.9 Å². The van der Waals surface area contributed by atoms with Crippen LogP contribution in [0.1, 0.15) is 52.5 Å². The number of aromatic nitrogens is 2. The molecule has 0 atom stereocenters. The molecule has 1 aromatic heterocycles. The Morgan fingerprint density at radius 1 is 1.29 bits per heavy atom. The first-order chi connectivity index (χ1) is 9.62. The van der Waals surface area contributed by atoms with E-state index in [-0.39, 0.29) is 17.0 Å². The Balaban J connectivity index is 1.94. The molecule has 0 amide bonds. The van der Waals surface area contributed by atoms with Gasteiger partial charge in [0, 0.05) is 6.10 Å². The molecule has 1 saturated carbocycles. The second-order valence-electron chi connectivity index (χ2n) is 7.54. The van der Waals surface area contributed by atoms with Gasteiger partial charge in [-0.2, -0.15) is 9.49 Å². The Morgan fingerprint density at radius 3 is 2.29 bits per heavy atom. The number of rotatable bonds is 3. The maximum atomic E-state index is 13.9. The van der Waals surface area contributed by atoms with Gasteiger partial charge in [-0.1, -0.05) is 20.8 Å². The van der Waals surface area contributed by atoms with Gasteiger partial charge in [-0.05, 0) is 66.4 Å². The molecule has 1 aliphatic rings. The molecule has 0 spiro atoms. The zero-order valence-corrected chi connectivity index (χ0v) is 16.8. The van der Waals surface area contributed by atoms with Crippen LogP contribution in [0.3, 0.4) is 0 Å². The van der Waals surface area contributed by atoms with Crippen LogP contribution < -0.4 is 0 Å². The second kappa shape index (κ2) is 6.27. The third-order valence-corrected chi connectivity index (χ3v) is 10.2. The molecular formula is C15H26FIN2OSi. The Labute approximate surface area is 141 Å². The van der Waals surface area contributed by atoms with Gasteiger partial charge >= 0.3 is 0 Å². The van der Waals surface area contributed by atoms with Gasteiger partial charge in [-0.25, -0.2) is 4.68 Å². The first kappa shape index (κ1) is 17.4. The van der Waals surface area contributed by atoms with Crippen molar-refractivity contribution in [1.29, 1.82) is 0 Å². The van der Waals surface area contributed by atoms with Crippen LogP contribution in [0.4, 0.5) is 4.39 Å². The highest BCUT2D eigenvalue weighted by Gasteiger charge is 2.40. The third kappa shape index (κ3) is 3.88. The SMILES string of the molecule is CC(C)(C)[Si](C)(C)O[C@H]1CC[C@H](n2ncc(I)c2F)CC1. The molecule has 0 aliphatic heterocycles. The fraction of sp³-hybridized carbons (Fsp3) is 0.800. The summed E-state index contributed by atoms with van der Waals surface area (Å²) in [6, 6.07) is 0.188. The molecule has 0 bridgehead atoms. The monoisotopic (exact) mass is 424 g/mol. The van der Waals surface area contributed by atoms with E-state index in [1.54, 1.807) is 10.9 Å². The van der Waals surface area contributed by atoms with Gasteiger partial charge in [0.15, 0.2) is 8.32 Å². The van der Waals surface area contributed by atoms with E-state index in [9.17, 15) is 4.39 Å². The van der Waals surface area contributed by atoms with Crippen molar-refractivity contribution < 1.29 is 8.82 Å². The van der Waals surface area contributed by atoms with Gasteiger partial charge in [-0.3, -0.25) is 0 Å². The lowest BCUT2D eigenvalue weighted by Gasteiger charge is -2.41. The van der Waals surface area contributed by atoms with Crippen molar-refractivity contribution in [3.63, 3.8) is 0 Å². The highest BCUT2D eigenvalue weighted by Crippen LogP contribution is 2.40. The van der Waals surface area contributed by atoms with Crippen molar-refractivity contribution in [2.24, 2.45) is 0 Å². The van der Waals surface area contributed by atoms with Gasteiger partial charge in [0.1, 0.15) is 0 Å². The number of nitrogens with zero attached hydrogens (tertiary/aromatic N) is 2. The molecule has 120 valence electrons. The molecule has 0 N–H and O–H groups in total. The predicted octanol–water partition coefficient (Wildman–Crippen LogP) is 5.13. The first-order valence-electron chi connectivity index (χ1n) is 7.68. The van der Waals surface area contributed by atoms with Gasteiger partial charge in [0.25, 0.3) is 0 Å².